The predicted octanol–water partition coefficient (Wildman–Crippen LogP) is 10.5. The van der Waals surface area contributed by atoms with Gasteiger partial charge < -0.3 is 0 Å². The Morgan fingerprint density at radius 2 is 1.26 bits per heavy atom. The van der Waals surface area contributed by atoms with Gasteiger partial charge in [0, 0.05) is 0 Å². The summed E-state index contributed by atoms with van der Waals surface area (Å²) in [5.74, 6) is 4.28. The van der Waals surface area contributed by atoms with E-state index < -0.39 is 0 Å². The van der Waals surface area contributed by atoms with Gasteiger partial charge in [0.25, 0.3) is 0 Å². The molecular formula is C33H49F. The van der Waals surface area contributed by atoms with Gasteiger partial charge in [-0.3, -0.25) is 0 Å². The van der Waals surface area contributed by atoms with Crippen molar-refractivity contribution in [2.24, 2.45) is 23.7 Å². The molecule has 0 aromatic heterocycles. The van der Waals surface area contributed by atoms with Gasteiger partial charge in [-0.2, -0.15) is 0 Å². The molecule has 0 radical (unpaired) electrons. The van der Waals surface area contributed by atoms with Gasteiger partial charge in [0.2, 0.25) is 0 Å². The number of halogens is 1. The molecule has 0 bridgehead atoms. The summed E-state index contributed by atoms with van der Waals surface area (Å²) in [7, 11) is 0. The van der Waals surface area contributed by atoms with E-state index in [9.17, 15) is 0 Å². The van der Waals surface area contributed by atoms with E-state index in [1.807, 2.05) is 6.07 Å². The van der Waals surface area contributed by atoms with E-state index in [-0.39, 0.29) is 5.82 Å². The van der Waals surface area contributed by atoms with E-state index in [1.54, 1.807) is 0 Å². The largest absolute Gasteiger partial charge is 0.207 e. The van der Waals surface area contributed by atoms with Crippen molar-refractivity contribution in [2.45, 2.75) is 122 Å². The second kappa shape index (κ2) is 13.1. The summed E-state index contributed by atoms with van der Waals surface area (Å²) in [6.07, 6.45) is 29.0. The Bertz CT molecular complexity index is 781. The first-order chi connectivity index (χ1) is 16.7. The first-order valence-corrected chi connectivity index (χ1v) is 14.8. The van der Waals surface area contributed by atoms with Crippen molar-refractivity contribution in [1.82, 2.24) is 0 Å². The van der Waals surface area contributed by atoms with Crippen LogP contribution in [0.1, 0.15) is 133 Å². The van der Waals surface area contributed by atoms with Crippen LogP contribution in [-0.4, -0.2) is 0 Å². The fourth-order valence-electron chi connectivity index (χ4n) is 7.12. The standard InChI is InChI=1S/C33H49F/c1-3-5-7-26-8-10-27(11-9-26)12-13-28-16-20-30(21-17-28)32-23-22-31(24-33(32)34)29-18-14-25(6-4-2)15-19-29/h5,7,12-13,22-30H,3-4,6,8-11,14-21H2,1-2H3/b7-5+,13-12+. The van der Waals surface area contributed by atoms with Crippen molar-refractivity contribution < 1.29 is 4.39 Å². The third-order valence-corrected chi connectivity index (χ3v) is 9.37. The van der Waals surface area contributed by atoms with Crippen LogP contribution < -0.4 is 0 Å². The Kier molecular flexibility index (Phi) is 9.89. The monoisotopic (exact) mass is 464 g/mol. The zero-order valence-corrected chi connectivity index (χ0v) is 22.0. The van der Waals surface area contributed by atoms with E-state index in [2.05, 4.69) is 50.3 Å². The molecule has 34 heavy (non-hydrogen) atoms. The van der Waals surface area contributed by atoms with Gasteiger partial charge in [-0.05, 0) is 136 Å². The molecule has 0 aliphatic heterocycles. The molecule has 0 N–H and O–H groups in total. The van der Waals surface area contributed by atoms with Crippen LogP contribution in [0.3, 0.4) is 0 Å². The molecule has 3 fully saturated rings. The fourth-order valence-corrected chi connectivity index (χ4v) is 7.12. The Hall–Kier alpha value is -1.37. The molecule has 0 saturated heterocycles. The topological polar surface area (TPSA) is 0 Å². The predicted molar refractivity (Wildman–Crippen MR) is 145 cm³/mol. The summed E-state index contributed by atoms with van der Waals surface area (Å²) in [6, 6.07) is 6.31. The average molecular weight is 465 g/mol. The summed E-state index contributed by atoms with van der Waals surface area (Å²) in [6.45, 7) is 4.52. The van der Waals surface area contributed by atoms with Crippen molar-refractivity contribution >= 4 is 0 Å². The molecule has 3 aliphatic rings. The highest BCUT2D eigenvalue weighted by molar-refractivity contribution is 5.30. The van der Waals surface area contributed by atoms with Crippen LogP contribution in [0, 0.1) is 29.5 Å². The molecule has 0 heterocycles. The van der Waals surface area contributed by atoms with Gasteiger partial charge in [-0.15, -0.1) is 0 Å². The van der Waals surface area contributed by atoms with Gasteiger partial charge in [0.1, 0.15) is 5.82 Å². The molecule has 1 heteroatoms. The summed E-state index contributed by atoms with van der Waals surface area (Å²) >= 11 is 0. The Balaban J connectivity index is 1.23. The summed E-state index contributed by atoms with van der Waals surface area (Å²) < 4.78 is 15.2. The van der Waals surface area contributed by atoms with E-state index in [0.717, 1.165) is 42.6 Å². The van der Waals surface area contributed by atoms with E-state index >= 15 is 4.39 Å². The van der Waals surface area contributed by atoms with Crippen LogP contribution in [-0.2, 0) is 0 Å². The van der Waals surface area contributed by atoms with Crippen molar-refractivity contribution in [2.75, 3.05) is 0 Å². The molecular weight excluding hydrogens is 415 g/mol. The van der Waals surface area contributed by atoms with Crippen molar-refractivity contribution in [3.8, 4) is 0 Å². The van der Waals surface area contributed by atoms with E-state index in [0.29, 0.717) is 17.8 Å². The third kappa shape index (κ3) is 7.08. The summed E-state index contributed by atoms with van der Waals surface area (Å²) in [5, 5.41) is 0. The third-order valence-electron chi connectivity index (χ3n) is 9.37. The van der Waals surface area contributed by atoms with Crippen LogP contribution in [0.5, 0.6) is 0 Å². The Morgan fingerprint density at radius 1 is 0.706 bits per heavy atom. The lowest BCUT2D eigenvalue weighted by molar-refractivity contribution is 0.307. The van der Waals surface area contributed by atoms with E-state index in [4.69, 9.17) is 0 Å². The molecule has 0 atom stereocenters. The minimum absolute atomic E-state index is 0.0704. The molecule has 0 unspecified atom stereocenters. The molecule has 188 valence electrons. The van der Waals surface area contributed by atoms with Gasteiger partial charge in [-0.25, -0.2) is 4.39 Å². The van der Waals surface area contributed by atoms with Gasteiger partial charge in [-0.1, -0.05) is 63.1 Å². The quantitative estimate of drug-likeness (QED) is 0.336. The molecule has 3 saturated carbocycles. The SMILES string of the molecule is CC/C=C/C1CCC(/C=C/C2CCC(c3ccc(C4CCC(CCC)CC4)cc3F)CC2)CC1. The lowest BCUT2D eigenvalue weighted by Gasteiger charge is -2.30. The maximum atomic E-state index is 15.2. The van der Waals surface area contributed by atoms with Gasteiger partial charge in [0.15, 0.2) is 0 Å². The Morgan fingerprint density at radius 3 is 1.82 bits per heavy atom. The number of benzene rings is 1. The highest BCUT2D eigenvalue weighted by atomic mass is 19.1. The second-order valence-corrected chi connectivity index (χ2v) is 11.8. The maximum absolute atomic E-state index is 15.2. The molecule has 1 aromatic carbocycles. The molecule has 0 spiro atoms. The first kappa shape index (κ1) is 25.7. The molecule has 4 rings (SSSR count). The second-order valence-electron chi connectivity index (χ2n) is 11.8. The Labute approximate surface area is 209 Å². The highest BCUT2D eigenvalue weighted by Gasteiger charge is 2.26. The molecule has 3 aliphatic carbocycles. The van der Waals surface area contributed by atoms with Crippen molar-refractivity contribution in [1.29, 1.82) is 0 Å². The number of rotatable bonds is 8. The number of allylic oxidation sites excluding steroid dienone is 4. The lowest BCUT2D eigenvalue weighted by Crippen LogP contribution is -2.15. The number of hydrogen-bond donors (Lipinski definition) is 0. The lowest BCUT2D eigenvalue weighted by atomic mass is 9.75. The smallest absolute Gasteiger partial charge is 0.126 e. The van der Waals surface area contributed by atoms with Gasteiger partial charge in [0.05, 0.1) is 0 Å². The van der Waals surface area contributed by atoms with Crippen LogP contribution in [0.25, 0.3) is 0 Å². The molecule has 0 nitrogen and oxygen atoms in total. The van der Waals surface area contributed by atoms with Crippen LogP contribution in [0.15, 0.2) is 42.5 Å². The van der Waals surface area contributed by atoms with E-state index in [1.165, 1.54) is 82.6 Å². The normalized spacial score (nSPS) is 33.0. The van der Waals surface area contributed by atoms with Crippen LogP contribution in [0.4, 0.5) is 4.39 Å². The first-order valence-electron chi connectivity index (χ1n) is 14.8. The minimum Gasteiger partial charge on any atom is -0.207 e. The zero-order chi connectivity index (χ0) is 23.8. The van der Waals surface area contributed by atoms with Crippen molar-refractivity contribution in [3.05, 3.63) is 59.4 Å². The molecule has 0 amide bonds. The fraction of sp³-hybridized carbons (Fsp3) is 0.697. The van der Waals surface area contributed by atoms with Gasteiger partial charge >= 0.3 is 0 Å². The summed E-state index contributed by atoms with van der Waals surface area (Å²) in [5.41, 5.74) is 2.25. The van der Waals surface area contributed by atoms with Crippen LogP contribution >= 0.6 is 0 Å². The minimum atomic E-state index is 0.0704. The average Bonchev–Trinajstić information content (AvgIpc) is 2.88. The van der Waals surface area contributed by atoms with Crippen molar-refractivity contribution in [3.63, 3.8) is 0 Å². The zero-order valence-electron chi connectivity index (χ0n) is 22.0. The number of hydrogen-bond acceptors (Lipinski definition) is 0. The molecule has 1 aromatic rings. The summed E-state index contributed by atoms with van der Waals surface area (Å²) in [4.78, 5) is 0. The maximum Gasteiger partial charge on any atom is 0.126 e. The highest BCUT2D eigenvalue weighted by Crippen LogP contribution is 2.41. The van der Waals surface area contributed by atoms with Crippen LogP contribution in [0.2, 0.25) is 0 Å².